The maximum absolute atomic E-state index is 12.3. The number of aliphatic hydroxyl groups is 4. The van der Waals surface area contributed by atoms with E-state index < -0.39 is 65.0 Å². The smallest absolute Gasteiger partial charge is 0.303 e. The highest BCUT2D eigenvalue weighted by Gasteiger charge is 2.89. The third-order valence-corrected chi connectivity index (χ3v) is 10.1. The number of hydrogen-bond acceptors (Lipinski definition) is 9. The summed E-state index contributed by atoms with van der Waals surface area (Å²) in [6.07, 6.45) is -0.601. The Labute approximate surface area is 193 Å². The Kier molecular flexibility index (Phi) is 4.91. The minimum absolute atomic E-state index is 0.230. The van der Waals surface area contributed by atoms with Gasteiger partial charge in [0.15, 0.2) is 6.10 Å². The van der Waals surface area contributed by atoms with Crippen LogP contribution in [0, 0.1) is 34.0 Å². The van der Waals surface area contributed by atoms with Crippen molar-refractivity contribution < 1.29 is 44.2 Å². The van der Waals surface area contributed by atoms with Crippen molar-refractivity contribution in [1.82, 2.24) is 0 Å². The van der Waals surface area contributed by atoms with Crippen molar-refractivity contribution in [2.45, 2.75) is 89.5 Å². The summed E-state index contributed by atoms with van der Waals surface area (Å²) in [6, 6.07) is 0. The molecule has 0 aromatic rings. The highest BCUT2D eigenvalue weighted by atomic mass is 16.7. The first kappa shape index (κ1) is 23.5. The van der Waals surface area contributed by atoms with Crippen molar-refractivity contribution in [2.24, 2.45) is 34.0 Å². The zero-order valence-electron chi connectivity index (χ0n) is 19.7. The van der Waals surface area contributed by atoms with Crippen molar-refractivity contribution >= 4 is 11.9 Å². The number of aliphatic hydroxyl groups excluding tert-OH is 2. The standard InChI is InChI=1S/C24H36O9/c1-12(25)31-11-22(29)14-6-7-15-21-9-5-8-20(3,4)16(21)18(33-13(2)26)24(30,32-10-21)23(15,17(14)27)19(22)28/h14-19,27-30H,5-11H2,1-4H3. The van der Waals surface area contributed by atoms with Crippen molar-refractivity contribution in [3.63, 3.8) is 0 Å². The lowest BCUT2D eigenvalue weighted by Crippen LogP contribution is -2.84. The fraction of sp³-hybridized carbons (Fsp3) is 0.917. The molecule has 2 aliphatic heterocycles. The van der Waals surface area contributed by atoms with Crippen LogP contribution in [0.15, 0.2) is 0 Å². The van der Waals surface area contributed by atoms with Gasteiger partial charge in [-0.3, -0.25) is 9.59 Å². The van der Waals surface area contributed by atoms with Gasteiger partial charge in [-0.25, -0.2) is 0 Å². The topological polar surface area (TPSA) is 143 Å². The lowest BCUT2D eigenvalue weighted by Gasteiger charge is -2.75. The summed E-state index contributed by atoms with van der Waals surface area (Å²) < 4.78 is 17.0. The quantitative estimate of drug-likeness (QED) is 0.436. The van der Waals surface area contributed by atoms with Gasteiger partial charge in [-0.1, -0.05) is 20.3 Å². The molecule has 4 saturated carbocycles. The van der Waals surface area contributed by atoms with E-state index in [0.717, 1.165) is 19.3 Å². The summed E-state index contributed by atoms with van der Waals surface area (Å²) in [5, 5.41) is 47.4. The zero-order valence-corrected chi connectivity index (χ0v) is 19.7. The number of fused-ring (bicyclic) bond motifs is 2. The van der Waals surface area contributed by atoms with Crippen LogP contribution in [0.25, 0.3) is 0 Å². The molecule has 4 N–H and O–H groups in total. The molecular weight excluding hydrogens is 432 g/mol. The number of hydrogen-bond donors (Lipinski definition) is 4. The number of esters is 2. The van der Waals surface area contributed by atoms with Gasteiger partial charge in [0.1, 0.15) is 18.3 Å². The third-order valence-electron chi connectivity index (χ3n) is 10.1. The van der Waals surface area contributed by atoms with Crippen LogP contribution in [0.4, 0.5) is 0 Å². The average Bonchev–Trinajstić information content (AvgIpc) is 2.80. The SMILES string of the molecule is CC(=O)OCC1(O)C2CCC3C45CCCC(C)(C)C4C(OC(C)=O)C(O)(OC5)C3(C2O)C1O. The van der Waals surface area contributed by atoms with Crippen molar-refractivity contribution in [1.29, 1.82) is 0 Å². The van der Waals surface area contributed by atoms with E-state index in [1.807, 2.05) is 0 Å². The minimum atomic E-state index is -2.21. The van der Waals surface area contributed by atoms with Crippen LogP contribution in [-0.4, -0.2) is 75.3 Å². The van der Waals surface area contributed by atoms with Crippen LogP contribution in [0.1, 0.15) is 59.8 Å². The maximum atomic E-state index is 12.3. The first-order valence-electron chi connectivity index (χ1n) is 12.0. The van der Waals surface area contributed by atoms with E-state index in [1.54, 1.807) is 0 Å². The predicted octanol–water partition coefficient (Wildman–Crippen LogP) is 0.505. The molecule has 33 heavy (non-hydrogen) atoms. The van der Waals surface area contributed by atoms with Crippen LogP contribution in [-0.2, 0) is 23.8 Å². The average molecular weight is 469 g/mol. The number of rotatable bonds is 3. The number of carbonyl (C=O) groups excluding carboxylic acids is 2. The molecule has 10 atom stereocenters. The Morgan fingerprint density at radius 1 is 1.06 bits per heavy atom. The highest BCUT2D eigenvalue weighted by molar-refractivity contribution is 5.66. The van der Waals surface area contributed by atoms with Gasteiger partial charge in [0.05, 0.1) is 18.1 Å². The lowest BCUT2D eigenvalue weighted by atomic mass is 9.36. The van der Waals surface area contributed by atoms with E-state index in [1.165, 1.54) is 13.8 Å². The molecular formula is C24H36O9. The first-order chi connectivity index (χ1) is 15.3. The second-order valence-electron chi connectivity index (χ2n) is 11.9. The van der Waals surface area contributed by atoms with Gasteiger partial charge < -0.3 is 34.6 Å². The van der Waals surface area contributed by atoms with Gasteiger partial charge in [0.25, 0.3) is 0 Å². The van der Waals surface area contributed by atoms with Gasteiger partial charge in [0.2, 0.25) is 5.79 Å². The summed E-state index contributed by atoms with van der Waals surface area (Å²) in [4.78, 5) is 23.7. The molecule has 0 amide bonds. The van der Waals surface area contributed by atoms with Gasteiger partial charge in [-0.15, -0.1) is 0 Å². The van der Waals surface area contributed by atoms with Crippen LogP contribution in [0.5, 0.6) is 0 Å². The summed E-state index contributed by atoms with van der Waals surface area (Å²) in [5.74, 6) is -4.85. The van der Waals surface area contributed by atoms with E-state index in [9.17, 15) is 30.0 Å². The Balaban J connectivity index is 1.72. The molecule has 2 spiro atoms. The van der Waals surface area contributed by atoms with Crippen molar-refractivity contribution in [3.8, 4) is 0 Å². The molecule has 0 aromatic heterocycles. The van der Waals surface area contributed by atoms with Crippen LogP contribution in [0.3, 0.4) is 0 Å². The van der Waals surface area contributed by atoms with Gasteiger partial charge in [-0.05, 0) is 37.0 Å². The first-order valence-corrected chi connectivity index (χ1v) is 12.0. The molecule has 4 aliphatic carbocycles. The van der Waals surface area contributed by atoms with Gasteiger partial charge in [0, 0.05) is 31.1 Å². The predicted molar refractivity (Wildman–Crippen MR) is 112 cm³/mol. The minimum Gasteiger partial charge on any atom is -0.463 e. The fourth-order valence-electron chi connectivity index (χ4n) is 9.18. The third kappa shape index (κ3) is 2.55. The Bertz CT molecular complexity index is 874. The van der Waals surface area contributed by atoms with E-state index in [4.69, 9.17) is 14.2 Å². The van der Waals surface area contributed by atoms with Gasteiger partial charge in [-0.2, -0.15) is 0 Å². The van der Waals surface area contributed by atoms with Crippen LogP contribution in [0.2, 0.25) is 0 Å². The summed E-state index contributed by atoms with van der Waals surface area (Å²) in [6.45, 7) is 6.42. The van der Waals surface area contributed by atoms with Crippen LogP contribution >= 0.6 is 0 Å². The second kappa shape index (κ2) is 6.91. The van der Waals surface area contributed by atoms with Gasteiger partial charge >= 0.3 is 11.9 Å². The Morgan fingerprint density at radius 2 is 1.76 bits per heavy atom. The number of ether oxygens (including phenoxy) is 3. The molecule has 6 fully saturated rings. The highest BCUT2D eigenvalue weighted by Crippen LogP contribution is 2.78. The van der Waals surface area contributed by atoms with E-state index in [0.29, 0.717) is 12.8 Å². The number of carbonyl (C=O) groups is 2. The lowest BCUT2D eigenvalue weighted by molar-refractivity contribution is -0.469. The molecule has 9 heteroatoms. The molecule has 0 radical (unpaired) electrons. The zero-order chi connectivity index (χ0) is 24.2. The molecule has 6 aliphatic rings. The van der Waals surface area contributed by atoms with E-state index >= 15 is 0 Å². The van der Waals surface area contributed by atoms with Crippen molar-refractivity contribution in [2.75, 3.05) is 13.2 Å². The Hall–Kier alpha value is -1.26. The molecule has 2 saturated heterocycles. The summed E-state index contributed by atoms with van der Waals surface area (Å²) >= 11 is 0. The molecule has 10 unspecified atom stereocenters. The maximum Gasteiger partial charge on any atom is 0.303 e. The van der Waals surface area contributed by atoms with E-state index in [-0.39, 0.29) is 23.9 Å². The molecule has 186 valence electrons. The molecule has 4 bridgehead atoms. The van der Waals surface area contributed by atoms with Crippen LogP contribution < -0.4 is 0 Å². The Morgan fingerprint density at radius 3 is 2.39 bits per heavy atom. The second-order valence-corrected chi connectivity index (χ2v) is 11.9. The normalized spacial score (nSPS) is 53.7. The summed E-state index contributed by atoms with van der Waals surface area (Å²) in [7, 11) is 0. The molecule has 0 aromatic carbocycles. The van der Waals surface area contributed by atoms with E-state index in [2.05, 4.69) is 13.8 Å². The molecule has 2 heterocycles. The molecule has 6 rings (SSSR count). The monoisotopic (exact) mass is 468 g/mol. The van der Waals surface area contributed by atoms with Crippen molar-refractivity contribution in [3.05, 3.63) is 0 Å². The fourth-order valence-corrected chi connectivity index (χ4v) is 9.18. The summed E-state index contributed by atoms with van der Waals surface area (Å²) in [5.41, 5.74) is -4.48. The molecule has 9 nitrogen and oxygen atoms in total. The largest absolute Gasteiger partial charge is 0.463 e.